The van der Waals surface area contributed by atoms with Crippen molar-refractivity contribution in [3.63, 3.8) is 0 Å². The van der Waals surface area contributed by atoms with Gasteiger partial charge in [0.2, 0.25) is 0 Å². The summed E-state index contributed by atoms with van der Waals surface area (Å²) >= 11 is 0. The Morgan fingerprint density at radius 1 is 1.00 bits per heavy atom. The summed E-state index contributed by atoms with van der Waals surface area (Å²) in [6, 6.07) is 10.3. The van der Waals surface area contributed by atoms with E-state index < -0.39 is 0 Å². The quantitative estimate of drug-likeness (QED) is 0.702. The Morgan fingerprint density at radius 2 is 1.82 bits per heavy atom. The van der Waals surface area contributed by atoms with Gasteiger partial charge in [0, 0.05) is 48.2 Å². The molecule has 5 heteroatoms. The highest BCUT2D eigenvalue weighted by Gasteiger charge is 2.43. The van der Waals surface area contributed by atoms with E-state index in [1.165, 1.54) is 36.1 Å². The first-order valence-electron chi connectivity index (χ1n) is 10.1. The molecule has 28 heavy (non-hydrogen) atoms. The number of likely N-dealkylation sites (tertiary alicyclic amines) is 1. The summed E-state index contributed by atoms with van der Waals surface area (Å²) in [7, 11) is 0. The number of aryl methyl sites for hydroxylation is 2. The van der Waals surface area contributed by atoms with E-state index in [0.717, 1.165) is 43.3 Å². The molecule has 1 spiro atoms. The van der Waals surface area contributed by atoms with Gasteiger partial charge in [0.15, 0.2) is 5.82 Å². The molecule has 0 bridgehead atoms. The monoisotopic (exact) mass is 371 g/mol. The molecular weight excluding hydrogens is 346 g/mol. The molecular formula is C23H25N5. The van der Waals surface area contributed by atoms with Crippen molar-refractivity contribution in [2.75, 3.05) is 13.1 Å². The second-order valence-corrected chi connectivity index (χ2v) is 8.17. The van der Waals surface area contributed by atoms with Gasteiger partial charge < -0.3 is 0 Å². The highest BCUT2D eigenvalue weighted by molar-refractivity contribution is 5.55. The van der Waals surface area contributed by atoms with Crippen LogP contribution >= 0.6 is 0 Å². The lowest BCUT2D eigenvalue weighted by Crippen LogP contribution is -2.45. The molecule has 1 aliphatic heterocycles. The maximum Gasteiger partial charge on any atom is 0.159 e. The topological polar surface area (TPSA) is 54.8 Å². The molecule has 1 fully saturated rings. The van der Waals surface area contributed by atoms with Gasteiger partial charge in [-0.2, -0.15) is 0 Å². The van der Waals surface area contributed by atoms with Gasteiger partial charge in [0.05, 0.1) is 5.69 Å². The van der Waals surface area contributed by atoms with Crippen molar-refractivity contribution in [2.24, 2.45) is 0 Å². The lowest BCUT2D eigenvalue weighted by Gasteiger charge is -2.40. The molecule has 2 aromatic heterocycles. The summed E-state index contributed by atoms with van der Waals surface area (Å²) in [6.07, 6.45) is 10.7. The second-order valence-electron chi connectivity index (χ2n) is 8.17. The first kappa shape index (κ1) is 17.4. The Hall–Kier alpha value is -2.66. The molecule has 0 amide bonds. The normalized spacial score (nSPS) is 21.8. The second kappa shape index (κ2) is 7.06. The number of hydrogen-bond donors (Lipinski definition) is 0. The van der Waals surface area contributed by atoms with Crippen LogP contribution < -0.4 is 0 Å². The summed E-state index contributed by atoms with van der Waals surface area (Å²) < 4.78 is 0. The third-order valence-corrected chi connectivity index (χ3v) is 6.17. The van der Waals surface area contributed by atoms with Crippen molar-refractivity contribution >= 4 is 0 Å². The summed E-state index contributed by atoms with van der Waals surface area (Å²) in [5.41, 5.74) is 5.06. The number of piperidine rings is 1. The zero-order valence-corrected chi connectivity index (χ0v) is 16.3. The summed E-state index contributed by atoms with van der Waals surface area (Å²) in [5.74, 6) is 1.68. The minimum absolute atomic E-state index is 0.158. The Kier molecular flexibility index (Phi) is 4.40. The molecule has 2 aliphatic rings. The van der Waals surface area contributed by atoms with Crippen LogP contribution in [0, 0.1) is 6.92 Å². The van der Waals surface area contributed by atoms with Crippen LogP contribution in [0.25, 0.3) is 11.4 Å². The first-order valence-corrected chi connectivity index (χ1v) is 10.1. The van der Waals surface area contributed by atoms with E-state index in [-0.39, 0.29) is 5.41 Å². The molecule has 3 aromatic rings. The van der Waals surface area contributed by atoms with Crippen LogP contribution in [0.5, 0.6) is 0 Å². The van der Waals surface area contributed by atoms with Crippen molar-refractivity contribution in [3.8, 4) is 11.4 Å². The van der Waals surface area contributed by atoms with Gasteiger partial charge in [-0.15, -0.1) is 0 Å². The third-order valence-electron chi connectivity index (χ3n) is 6.17. The molecule has 5 nitrogen and oxygen atoms in total. The predicted molar refractivity (Wildman–Crippen MR) is 109 cm³/mol. The number of aromatic nitrogens is 4. The first-order chi connectivity index (χ1) is 13.7. The Morgan fingerprint density at radius 3 is 2.64 bits per heavy atom. The Balaban J connectivity index is 1.42. The fraction of sp³-hybridized carbons (Fsp3) is 0.391. The minimum Gasteiger partial charge on any atom is -0.298 e. The maximum absolute atomic E-state index is 5.09. The van der Waals surface area contributed by atoms with Crippen molar-refractivity contribution in [2.45, 2.75) is 44.6 Å². The van der Waals surface area contributed by atoms with Crippen LogP contribution in [0.2, 0.25) is 0 Å². The summed E-state index contributed by atoms with van der Waals surface area (Å²) in [6.45, 7) is 5.02. The number of fused-ring (bicyclic) bond motifs is 2. The van der Waals surface area contributed by atoms with Gasteiger partial charge in [-0.25, -0.2) is 19.9 Å². The van der Waals surface area contributed by atoms with E-state index in [1.807, 2.05) is 37.5 Å². The smallest absolute Gasteiger partial charge is 0.159 e. The van der Waals surface area contributed by atoms with Gasteiger partial charge in [-0.1, -0.05) is 30.3 Å². The molecule has 1 saturated heterocycles. The minimum atomic E-state index is 0.158. The standard InChI is InChI=1S/C23H25N5/c1-17-24-12-18(13-25-17)15-28-11-5-9-23(16-28)10-8-20-14-26-22(27-21(20)23)19-6-3-2-4-7-19/h2-4,6-7,12-14H,5,8-11,15-16H2,1H3. The van der Waals surface area contributed by atoms with Crippen LogP contribution in [-0.4, -0.2) is 37.9 Å². The maximum atomic E-state index is 5.09. The third kappa shape index (κ3) is 3.20. The molecule has 1 unspecified atom stereocenters. The van der Waals surface area contributed by atoms with Crippen molar-refractivity contribution in [1.29, 1.82) is 0 Å². The molecule has 0 saturated carbocycles. The van der Waals surface area contributed by atoms with E-state index in [4.69, 9.17) is 4.98 Å². The fourth-order valence-corrected chi connectivity index (χ4v) is 4.79. The van der Waals surface area contributed by atoms with Gasteiger partial charge in [0.1, 0.15) is 5.82 Å². The molecule has 1 atom stereocenters. The van der Waals surface area contributed by atoms with Gasteiger partial charge >= 0.3 is 0 Å². The van der Waals surface area contributed by atoms with Crippen LogP contribution in [0.1, 0.15) is 41.9 Å². The van der Waals surface area contributed by atoms with Crippen molar-refractivity contribution < 1.29 is 0 Å². The average Bonchev–Trinajstić information content (AvgIpc) is 3.08. The lowest BCUT2D eigenvalue weighted by atomic mass is 9.77. The van der Waals surface area contributed by atoms with E-state index in [0.29, 0.717) is 0 Å². The molecule has 1 aliphatic carbocycles. The van der Waals surface area contributed by atoms with E-state index in [1.54, 1.807) is 0 Å². The highest BCUT2D eigenvalue weighted by Crippen LogP contribution is 2.44. The lowest BCUT2D eigenvalue weighted by molar-refractivity contribution is 0.136. The SMILES string of the molecule is Cc1ncc(CN2CCCC3(CCc4cnc(-c5ccccc5)nc43)C2)cn1. The number of hydrogen-bond acceptors (Lipinski definition) is 5. The zero-order chi connectivity index (χ0) is 19.0. The van der Waals surface area contributed by atoms with E-state index in [9.17, 15) is 0 Å². The van der Waals surface area contributed by atoms with Crippen LogP contribution in [0.4, 0.5) is 0 Å². The van der Waals surface area contributed by atoms with E-state index in [2.05, 4.69) is 38.2 Å². The number of benzene rings is 1. The van der Waals surface area contributed by atoms with Gasteiger partial charge in [-0.05, 0) is 44.7 Å². The predicted octanol–water partition coefficient (Wildman–Crippen LogP) is 3.72. The van der Waals surface area contributed by atoms with Crippen molar-refractivity contribution in [1.82, 2.24) is 24.8 Å². The molecule has 0 N–H and O–H groups in total. The van der Waals surface area contributed by atoms with Gasteiger partial charge in [-0.3, -0.25) is 4.90 Å². The largest absolute Gasteiger partial charge is 0.298 e. The molecule has 1 aromatic carbocycles. The van der Waals surface area contributed by atoms with Crippen LogP contribution in [-0.2, 0) is 18.4 Å². The van der Waals surface area contributed by atoms with Crippen LogP contribution in [0.3, 0.4) is 0 Å². The Labute approximate surface area is 165 Å². The molecule has 0 radical (unpaired) electrons. The highest BCUT2D eigenvalue weighted by atomic mass is 15.1. The average molecular weight is 371 g/mol. The summed E-state index contributed by atoms with van der Waals surface area (Å²) in [5, 5.41) is 0. The zero-order valence-electron chi connectivity index (χ0n) is 16.3. The molecule has 3 heterocycles. The van der Waals surface area contributed by atoms with Crippen LogP contribution in [0.15, 0.2) is 48.9 Å². The fourth-order valence-electron chi connectivity index (χ4n) is 4.79. The molecule has 142 valence electrons. The summed E-state index contributed by atoms with van der Waals surface area (Å²) in [4.78, 5) is 21.0. The number of rotatable bonds is 3. The number of nitrogens with zero attached hydrogens (tertiary/aromatic N) is 5. The Bertz CT molecular complexity index is 966. The van der Waals surface area contributed by atoms with Crippen molar-refractivity contribution in [3.05, 3.63) is 71.6 Å². The van der Waals surface area contributed by atoms with Gasteiger partial charge in [0.25, 0.3) is 0 Å². The molecule has 5 rings (SSSR count). The van der Waals surface area contributed by atoms with E-state index >= 15 is 0 Å².